The number of aromatic nitrogens is 12. The molecule has 6 aromatic rings. The predicted octanol–water partition coefficient (Wildman–Crippen LogP) is -4.06. The van der Waals surface area contributed by atoms with Gasteiger partial charge in [0.1, 0.15) is 66.8 Å². The van der Waals surface area contributed by atoms with Gasteiger partial charge < -0.3 is 75.8 Å². The number of aromatic amines is 2. The van der Waals surface area contributed by atoms with E-state index in [0.29, 0.717) is 0 Å². The zero-order chi connectivity index (χ0) is 55.0. The largest absolute Gasteiger partial charge is 0.490 e. The number of aliphatic hydroxyl groups excluding tert-OH is 3. The van der Waals surface area contributed by atoms with E-state index in [1.54, 1.807) is 0 Å². The minimum Gasteiger partial charge on any atom is -0.387 e. The minimum absolute atomic E-state index is 0.0115. The molecule has 9 heterocycles. The monoisotopic (exact) mass is 1160 g/mol. The van der Waals surface area contributed by atoms with Crippen molar-refractivity contribution in [2.24, 2.45) is 7.05 Å². The highest BCUT2D eigenvalue weighted by Crippen LogP contribution is 2.68. The number of aryl methyl sites for hydroxylation is 1. The van der Waals surface area contributed by atoms with Crippen LogP contribution < -0.4 is 32.9 Å². The van der Waals surface area contributed by atoms with Crippen LogP contribution in [-0.4, -0.2) is 177 Å². The molecule has 3 saturated heterocycles. The second kappa shape index (κ2) is 20.9. The lowest BCUT2D eigenvalue weighted by Crippen LogP contribution is -2.47. The normalized spacial score (nSPS) is 30.2. The number of nitrogens with two attached hydrogens (primary N) is 3. The van der Waals surface area contributed by atoms with Gasteiger partial charge in [0.15, 0.2) is 41.4 Å². The van der Waals surface area contributed by atoms with Crippen LogP contribution in [0.1, 0.15) is 18.7 Å². The number of anilines is 3. The molecule has 0 spiro atoms. The molecular weight excluding hydrogens is 1110 g/mol. The Morgan fingerprint density at radius 3 is 1.88 bits per heavy atom. The highest BCUT2D eigenvalue weighted by atomic mass is 31.3. The molecule has 9 rings (SSSR count). The van der Waals surface area contributed by atoms with Crippen molar-refractivity contribution in [3.8, 4) is 0 Å². The van der Waals surface area contributed by atoms with Gasteiger partial charge in [-0.1, -0.05) is 4.98 Å². The summed E-state index contributed by atoms with van der Waals surface area (Å²) in [7, 11) is -19.6. The molecule has 0 aliphatic carbocycles. The first-order chi connectivity index (χ1) is 35.7. The molecule has 3 aliphatic heterocycles. The maximum absolute atomic E-state index is 13.7. The van der Waals surface area contributed by atoms with Crippen molar-refractivity contribution in [1.82, 2.24) is 53.6 Å². The van der Waals surface area contributed by atoms with Gasteiger partial charge >= 0.3 is 36.9 Å². The number of hydrogen-bond donors (Lipinski definition) is 12. The van der Waals surface area contributed by atoms with Gasteiger partial charge in [-0.2, -0.15) is 13.6 Å². The zero-order valence-corrected chi connectivity index (χ0v) is 42.5. The maximum Gasteiger partial charge on any atom is 0.490 e. The highest BCUT2D eigenvalue weighted by Gasteiger charge is 2.54. The van der Waals surface area contributed by atoms with Gasteiger partial charge in [0.2, 0.25) is 17.7 Å². The first-order valence-corrected chi connectivity index (χ1v) is 27.5. The standard InChI is InChI=1S/C33H45N15O24P4/c1-45-10-48(26-16(45)28(53)44-33(36)42-26)30-21(62-2)18(50)12(68-30)5-65-74(56,57)71-76(60,61)72-75(58,59)66-6-13-20(22(63-3)31(69-13)46-8-39-14-23(34)37-7-38-24(14)46)70-73(54,55)64-4-11-17(49)19(51)29(67-11)47-9-40-15-25(47)41-32(35)43-27(15)52/h7-13,17-22,29-31,49-51H,4-6H2,1-3H3,(H11-,34,35,36,37,38,41,42,43,44,52,53,54,55,56,57,58,59,60,61)/p+1/t11-,12-,13-,17?,18+,19+,20?,21?,22+,29-,30-,31-/m1/s1. The average molecular weight is 1160 g/mol. The number of phosphoric ester groups is 3. The number of nitrogen functional groups attached to an aromatic ring is 3. The Labute approximate surface area is 421 Å². The van der Waals surface area contributed by atoms with E-state index in [1.807, 2.05) is 0 Å². The van der Waals surface area contributed by atoms with Crippen molar-refractivity contribution in [2.75, 3.05) is 51.2 Å². The summed E-state index contributed by atoms with van der Waals surface area (Å²) < 4.78 is 115. The van der Waals surface area contributed by atoms with Gasteiger partial charge in [-0.05, 0) is 0 Å². The number of hydrogen-bond acceptors (Lipinski definition) is 29. The molecule has 15 N–H and O–H groups in total. The summed E-state index contributed by atoms with van der Waals surface area (Å²) in [6.07, 6.45) is -14.5. The van der Waals surface area contributed by atoms with Crippen LogP contribution in [0.5, 0.6) is 0 Å². The van der Waals surface area contributed by atoms with Crippen molar-refractivity contribution in [3.63, 3.8) is 0 Å². The zero-order valence-electron chi connectivity index (χ0n) is 38.9. The smallest absolute Gasteiger partial charge is 0.387 e. The van der Waals surface area contributed by atoms with Gasteiger partial charge in [-0.3, -0.25) is 51.4 Å². The van der Waals surface area contributed by atoms with Crippen molar-refractivity contribution in [3.05, 3.63) is 46.0 Å². The van der Waals surface area contributed by atoms with Crippen LogP contribution in [0.3, 0.4) is 0 Å². The highest BCUT2D eigenvalue weighted by molar-refractivity contribution is 7.66. The third kappa shape index (κ3) is 11.0. The summed E-state index contributed by atoms with van der Waals surface area (Å²) in [6.45, 7) is -3.30. The van der Waals surface area contributed by atoms with Crippen molar-refractivity contribution in [2.45, 2.75) is 73.6 Å². The maximum atomic E-state index is 13.7. The number of imidazole rings is 3. The molecule has 16 atom stereocenters. The summed E-state index contributed by atoms with van der Waals surface area (Å²) >= 11 is 0. The second-order valence-corrected chi connectivity index (χ2v) is 22.7. The van der Waals surface area contributed by atoms with Gasteiger partial charge in [0, 0.05) is 14.2 Å². The third-order valence-corrected chi connectivity index (χ3v) is 17.0. The van der Waals surface area contributed by atoms with E-state index in [9.17, 15) is 62.7 Å². The third-order valence-electron chi connectivity index (χ3n) is 11.8. The number of H-pyrrole nitrogens is 2. The number of methoxy groups -OCH3 is 2. The molecule has 39 nitrogen and oxygen atoms in total. The van der Waals surface area contributed by atoms with E-state index in [1.165, 1.54) is 34.2 Å². The van der Waals surface area contributed by atoms with E-state index < -0.39 is 136 Å². The first-order valence-electron chi connectivity index (χ1n) is 21.5. The van der Waals surface area contributed by atoms with E-state index in [-0.39, 0.29) is 51.2 Å². The quantitative estimate of drug-likeness (QED) is 0.0256. The summed E-state index contributed by atoms with van der Waals surface area (Å²) in [5.41, 5.74) is 15.7. The Morgan fingerprint density at radius 2 is 1.22 bits per heavy atom. The molecule has 43 heteroatoms. The molecule has 3 fully saturated rings. The number of phosphoric acid groups is 4. The lowest BCUT2D eigenvalue weighted by molar-refractivity contribution is -0.746. The number of ether oxygens (including phenoxy) is 5. The molecule has 3 aliphatic rings. The first kappa shape index (κ1) is 55.6. The number of nitrogens with one attached hydrogen (secondary N) is 2. The van der Waals surface area contributed by atoms with Gasteiger partial charge in [0.05, 0.1) is 39.5 Å². The SMILES string of the molecule is COC1[C@@H](O)[C@@H](COP(=O)(O)OP(=O)(O)OP(=O)(O)OC[C@H]2O[C@@H](n3cnc4c(N)ncnc43)[C@@H](OC)C2OP(=O)(O)OC[C@H]2O[C@@H](n3cnc4c(=O)[nH]c(N)nc43)[C@@H](O)C2O)O[C@H]1[n+]1cn(C)c2c(=O)[nH]c(N)nc21. The van der Waals surface area contributed by atoms with Crippen LogP contribution >= 0.6 is 31.3 Å². The average Bonchev–Trinajstić information content (AvgIpc) is 4.18. The molecule has 0 radical (unpaired) electrons. The minimum atomic E-state index is -6.19. The molecule has 76 heavy (non-hydrogen) atoms. The Hall–Kier alpha value is -5.15. The summed E-state index contributed by atoms with van der Waals surface area (Å²) in [4.78, 5) is 96.1. The van der Waals surface area contributed by atoms with Gasteiger partial charge in [0.25, 0.3) is 17.1 Å². The summed E-state index contributed by atoms with van der Waals surface area (Å²) in [5, 5.41) is 32.7. The van der Waals surface area contributed by atoms with Crippen LogP contribution in [0.25, 0.3) is 33.5 Å². The predicted molar refractivity (Wildman–Crippen MR) is 244 cm³/mol. The molecule has 0 aromatic carbocycles. The number of nitrogens with zero attached hydrogens (tertiary/aromatic N) is 10. The fourth-order valence-corrected chi connectivity index (χ4v) is 13.0. The number of aliphatic hydroxyl groups is 3. The Balaban J connectivity index is 0.865. The number of rotatable bonds is 20. The fourth-order valence-electron chi connectivity index (χ4n) is 8.53. The summed E-state index contributed by atoms with van der Waals surface area (Å²) in [5.74, 6) is -0.661. The molecule has 7 unspecified atom stereocenters. The topological polar surface area (TPSA) is 551 Å². The van der Waals surface area contributed by atoms with Crippen LogP contribution in [0, 0.1) is 0 Å². The van der Waals surface area contributed by atoms with Crippen molar-refractivity contribution in [1.29, 1.82) is 0 Å². The molecule has 0 amide bonds. The van der Waals surface area contributed by atoms with E-state index in [0.717, 1.165) is 30.7 Å². The molecular formula is C33H46N15O24P4+. The molecule has 6 aromatic heterocycles. The van der Waals surface area contributed by atoms with E-state index in [4.69, 9.17) is 59.0 Å². The van der Waals surface area contributed by atoms with E-state index >= 15 is 0 Å². The lowest BCUT2D eigenvalue weighted by atomic mass is 10.1. The molecule has 416 valence electrons. The van der Waals surface area contributed by atoms with Crippen LogP contribution in [0.2, 0.25) is 0 Å². The Kier molecular flexibility index (Phi) is 15.3. The van der Waals surface area contributed by atoms with Crippen molar-refractivity contribution < 1.29 is 108 Å². The lowest BCUT2D eigenvalue weighted by Gasteiger charge is -2.26. The van der Waals surface area contributed by atoms with E-state index in [2.05, 4.69) is 48.5 Å². The van der Waals surface area contributed by atoms with Gasteiger partial charge in [-0.15, -0.1) is 0 Å². The molecule has 0 saturated carbocycles. The Morgan fingerprint density at radius 1 is 0.658 bits per heavy atom. The van der Waals surface area contributed by atoms with Crippen LogP contribution in [0.15, 0.2) is 34.9 Å². The number of fused-ring (bicyclic) bond motifs is 3. The summed E-state index contributed by atoms with van der Waals surface area (Å²) in [6, 6.07) is 0. The van der Waals surface area contributed by atoms with Crippen LogP contribution in [0.4, 0.5) is 17.7 Å². The van der Waals surface area contributed by atoms with Crippen molar-refractivity contribution >= 4 is 82.5 Å². The molecule has 0 bridgehead atoms. The second-order valence-electron chi connectivity index (χ2n) is 16.7. The Bertz CT molecular complexity index is 3490. The van der Waals surface area contributed by atoms with Crippen LogP contribution in [-0.2, 0) is 75.7 Å². The fraction of sp³-hybridized carbons (Fsp3) is 0.545. The van der Waals surface area contributed by atoms with Gasteiger partial charge in [-0.25, -0.2) is 42.8 Å².